The van der Waals surface area contributed by atoms with E-state index in [-0.39, 0.29) is 4.90 Å². The van der Waals surface area contributed by atoms with Crippen LogP contribution >= 0.6 is 0 Å². The van der Waals surface area contributed by atoms with Gasteiger partial charge >= 0.3 is 0 Å². The molecule has 0 unspecified atom stereocenters. The molecule has 0 aliphatic carbocycles. The number of aryl methyl sites for hydroxylation is 1. The lowest BCUT2D eigenvalue weighted by molar-refractivity contribution is 0.306. The van der Waals surface area contributed by atoms with Crippen molar-refractivity contribution in [1.29, 1.82) is 0 Å². The molecular weight excluding hydrogens is 384 g/mol. The second-order valence-corrected chi connectivity index (χ2v) is 8.60. The van der Waals surface area contributed by atoms with Gasteiger partial charge in [0.15, 0.2) is 0 Å². The van der Waals surface area contributed by atoms with E-state index in [0.717, 1.165) is 36.4 Å². The number of nitrogens with one attached hydrogen (secondary N) is 1. The summed E-state index contributed by atoms with van der Waals surface area (Å²) in [5.74, 6) is 0.851. The van der Waals surface area contributed by atoms with E-state index in [4.69, 9.17) is 9.88 Å². The molecular formula is C23H26N2O3S. The Hall–Kier alpha value is -2.67. The zero-order chi connectivity index (χ0) is 20.7. The number of hydrogen-bond acceptors (Lipinski definition) is 4. The average molecular weight is 411 g/mol. The molecule has 3 aromatic rings. The zero-order valence-electron chi connectivity index (χ0n) is 16.5. The lowest BCUT2D eigenvalue weighted by atomic mass is 10.1. The Labute approximate surface area is 172 Å². The number of ether oxygens (including phenoxy) is 1. The highest BCUT2D eigenvalue weighted by atomic mass is 32.2. The minimum Gasteiger partial charge on any atom is -0.489 e. The van der Waals surface area contributed by atoms with Gasteiger partial charge in [-0.25, -0.2) is 13.6 Å². The maximum Gasteiger partial charge on any atom is 0.238 e. The van der Waals surface area contributed by atoms with Crippen molar-refractivity contribution >= 4 is 10.0 Å². The summed E-state index contributed by atoms with van der Waals surface area (Å²) in [5.41, 5.74) is 4.63. The monoisotopic (exact) mass is 410 g/mol. The summed E-state index contributed by atoms with van der Waals surface area (Å²) in [7, 11) is -3.63. The molecule has 3 rings (SSSR count). The minimum absolute atomic E-state index is 0.138. The van der Waals surface area contributed by atoms with Gasteiger partial charge < -0.3 is 10.1 Å². The molecule has 0 radical (unpaired) electrons. The maximum absolute atomic E-state index is 11.3. The highest BCUT2D eigenvalue weighted by Crippen LogP contribution is 2.15. The van der Waals surface area contributed by atoms with Crippen LogP contribution < -0.4 is 15.2 Å². The van der Waals surface area contributed by atoms with Gasteiger partial charge in [-0.15, -0.1) is 0 Å². The van der Waals surface area contributed by atoms with Crippen molar-refractivity contribution in [2.24, 2.45) is 5.14 Å². The van der Waals surface area contributed by atoms with Crippen molar-refractivity contribution in [2.45, 2.75) is 31.4 Å². The average Bonchev–Trinajstić information content (AvgIpc) is 2.71. The normalized spacial score (nSPS) is 11.4. The molecule has 3 N–H and O–H groups in total. The molecule has 0 amide bonds. The standard InChI is InChI=1S/C23H26N2O3S/c1-18-2-4-21(5-3-18)17-28-22-10-6-20(7-11-22)16-25-15-14-19-8-12-23(13-9-19)29(24,26)27/h2-13,25H,14-17H2,1H3,(H2,24,26,27). The van der Waals surface area contributed by atoms with Crippen LogP contribution in [-0.2, 0) is 29.6 Å². The molecule has 3 aromatic carbocycles. The molecule has 0 spiro atoms. The van der Waals surface area contributed by atoms with E-state index in [1.165, 1.54) is 11.1 Å². The van der Waals surface area contributed by atoms with Crippen LogP contribution in [0.2, 0.25) is 0 Å². The van der Waals surface area contributed by atoms with Gasteiger partial charge in [-0.05, 0) is 60.8 Å². The van der Waals surface area contributed by atoms with Gasteiger partial charge in [0.1, 0.15) is 12.4 Å². The predicted molar refractivity (Wildman–Crippen MR) is 115 cm³/mol. The molecule has 0 fully saturated rings. The maximum atomic E-state index is 11.3. The minimum atomic E-state index is -3.63. The smallest absolute Gasteiger partial charge is 0.238 e. The molecule has 0 saturated carbocycles. The molecule has 29 heavy (non-hydrogen) atoms. The molecule has 0 aliphatic heterocycles. The van der Waals surface area contributed by atoms with Crippen LogP contribution in [0.15, 0.2) is 77.7 Å². The van der Waals surface area contributed by atoms with Gasteiger partial charge in [0.05, 0.1) is 4.90 Å². The Morgan fingerprint density at radius 2 is 1.41 bits per heavy atom. The fourth-order valence-corrected chi connectivity index (χ4v) is 3.38. The summed E-state index contributed by atoms with van der Waals surface area (Å²) in [6.07, 6.45) is 0.808. The molecule has 6 heteroatoms. The van der Waals surface area contributed by atoms with Crippen LogP contribution in [0, 0.1) is 6.92 Å². The molecule has 5 nitrogen and oxygen atoms in total. The van der Waals surface area contributed by atoms with Crippen LogP contribution in [-0.4, -0.2) is 15.0 Å². The fourth-order valence-electron chi connectivity index (χ4n) is 2.87. The highest BCUT2D eigenvalue weighted by molar-refractivity contribution is 7.89. The third kappa shape index (κ3) is 6.71. The van der Waals surface area contributed by atoms with Gasteiger partial charge in [-0.3, -0.25) is 0 Å². The summed E-state index contributed by atoms with van der Waals surface area (Å²) in [6.45, 7) is 4.18. The first kappa shape index (κ1) is 21.0. The Morgan fingerprint density at radius 3 is 2.03 bits per heavy atom. The Bertz CT molecular complexity index is 1010. The van der Waals surface area contributed by atoms with Crippen molar-refractivity contribution < 1.29 is 13.2 Å². The van der Waals surface area contributed by atoms with Gasteiger partial charge in [-0.2, -0.15) is 0 Å². The number of sulfonamides is 1. The lowest BCUT2D eigenvalue weighted by Gasteiger charge is -2.09. The number of rotatable bonds is 9. The Kier molecular flexibility index (Phi) is 7.04. The van der Waals surface area contributed by atoms with Crippen molar-refractivity contribution in [3.8, 4) is 5.75 Å². The SMILES string of the molecule is Cc1ccc(COc2ccc(CNCCc3ccc(S(N)(=O)=O)cc3)cc2)cc1. The van der Waals surface area contributed by atoms with E-state index >= 15 is 0 Å². The molecule has 0 bridgehead atoms. The molecule has 152 valence electrons. The molecule has 0 saturated heterocycles. The number of nitrogens with two attached hydrogens (primary N) is 1. The lowest BCUT2D eigenvalue weighted by Crippen LogP contribution is -2.17. The fraction of sp³-hybridized carbons (Fsp3) is 0.217. The van der Waals surface area contributed by atoms with Crippen LogP contribution in [0.4, 0.5) is 0 Å². The molecule has 0 aromatic heterocycles. The Balaban J connectivity index is 1.40. The third-order valence-corrected chi connectivity index (χ3v) is 5.55. The van der Waals surface area contributed by atoms with E-state index in [9.17, 15) is 8.42 Å². The van der Waals surface area contributed by atoms with Crippen LogP contribution in [0.25, 0.3) is 0 Å². The van der Waals surface area contributed by atoms with E-state index in [1.54, 1.807) is 24.3 Å². The second kappa shape index (κ2) is 9.69. The van der Waals surface area contributed by atoms with Crippen molar-refractivity contribution in [3.05, 3.63) is 95.1 Å². The van der Waals surface area contributed by atoms with Crippen molar-refractivity contribution in [1.82, 2.24) is 5.32 Å². The topological polar surface area (TPSA) is 81.4 Å². The predicted octanol–water partition coefficient (Wildman–Crippen LogP) is 3.55. The van der Waals surface area contributed by atoms with E-state index in [2.05, 4.69) is 48.6 Å². The van der Waals surface area contributed by atoms with Crippen LogP contribution in [0.1, 0.15) is 22.3 Å². The van der Waals surface area contributed by atoms with Gasteiger partial charge in [0, 0.05) is 6.54 Å². The quantitative estimate of drug-likeness (QED) is 0.529. The number of benzene rings is 3. The number of primary sulfonamides is 1. The van der Waals surface area contributed by atoms with Gasteiger partial charge in [0.25, 0.3) is 0 Å². The highest BCUT2D eigenvalue weighted by Gasteiger charge is 2.06. The van der Waals surface area contributed by atoms with Gasteiger partial charge in [0.2, 0.25) is 10.0 Å². The largest absolute Gasteiger partial charge is 0.489 e. The van der Waals surface area contributed by atoms with Crippen molar-refractivity contribution in [3.63, 3.8) is 0 Å². The second-order valence-electron chi connectivity index (χ2n) is 7.03. The van der Waals surface area contributed by atoms with E-state index in [1.807, 2.05) is 12.1 Å². The molecule has 0 atom stereocenters. The molecule has 0 heterocycles. The van der Waals surface area contributed by atoms with Crippen LogP contribution in [0.3, 0.4) is 0 Å². The summed E-state index contributed by atoms with van der Waals surface area (Å²) in [6, 6.07) is 23.1. The third-order valence-electron chi connectivity index (χ3n) is 4.62. The Morgan fingerprint density at radius 1 is 0.828 bits per heavy atom. The first-order valence-electron chi connectivity index (χ1n) is 9.50. The van der Waals surface area contributed by atoms with Crippen LogP contribution in [0.5, 0.6) is 5.75 Å². The first-order chi connectivity index (χ1) is 13.9. The van der Waals surface area contributed by atoms with E-state index in [0.29, 0.717) is 6.61 Å². The molecule has 0 aliphatic rings. The summed E-state index contributed by atoms with van der Waals surface area (Å²) < 4.78 is 28.4. The summed E-state index contributed by atoms with van der Waals surface area (Å²) in [4.78, 5) is 0.138. The van der Waals surface area contributed by atoms with E-state index < -0.39 is 10.0 Å². The first-order valence-corrected chi connectivity index (χ1v) is 11.0. The van der Waals surface area contributed by atoms with Gasteiger partial charge in [-0.1, -0.05) is 54.1 Å². The summed E-state index contributed by atoms with van der Waals surface area (Å²) in [5, 5.41) is 8.50. The number of hydrogen-bond donors (Lipinski definition) is 2. The van der Waals surface area contributed by atoms with Crippen molar-refractivity contribution in [2.75, 3.05) is 6.54 Å². The summed E-state index contributed by atoms with van der Waals surface area (Å²) >= 11 is 0. The zero-order valence-corrected chi connectivity index (χ0v) is 17.3.